The number of amides is 1. The number of nitrogens with zero attached hydrogens (tertiary/aromatic N) is 1. The van der Waals surface area contributed by atoms with Gasteiger partial charge in [-0.1, -0.05) is 19.3 Å². The van der Waals surface area contributed by atoms with E-state index in [1.807, 2.05) is 0 Å². The Labute approximate surface area is 124 Å². The lowest BCUT2D eigenvalue weighted by molar-refractivity contribution is -0.180. The van der Waals surface area contributed by atoms with Crippen LogP contribution in [0.2, 0.25) is 0 Å². The molecule has 1 aliphatic heterocycles. The first-order valence-electron chi connectivity index (χ1n) is 7.93. The van der Waals surface area contributed by atoms with Crippen LogP contribution in [0.15, 0.2) is 0 Å². The van der Waals surface area contributed by atoms with Crippen LogP contribution in [0.3, 0.4) is 0 Å². The second-order valence-electron chi connectivity index (χ2n) is 6.50. The van der Waals surface area contributed by atoms with Crippen molar-refractivity contribution < 1.29 is 18.0 Å². The SMILES string of the molecule is CN(CC1CCCCC1)C(=O)C1CCC(C(F)(F)F)CN1. The van der Waals surface area contributed by atoms with Crippen LogP contribution in [0.1, 0.15) is 44.9 Å². The van der Waals surface area contributed by atoms with E-state index in [0.29, 0.717) is 5.92 Å². The number of nitrogens with one attached hydrogen (secondary N) is 1. The van der Waals surface area contributed by atoms with E-state index in [9.17, 15) is 18.0 Å². The first-order chi connectivity index (χ1) is 9.88. The van der Waals surface area contributed by atoms with Crippen LogP contribution >= 0.6 is 0 Å². The van der Waals surface area contributed by atoms with Crippen molar-refractivity contribution in [1.82, 2.24) is 10.2 Å². The summed E-state index contributed by atoms with van der Waals surface area (Å²) >= 11 is 0. The summed E-state index contributed by atoms with van der Waals surface area (Å²) in [5.41, 5.74) is 0. The molecule has 1 N–H and O–H groups in total. The molecule has 1 aliphatic carbocycles. The molecule has 0 spiro atoms. The summed E-state index contributed by atoms with van der Waals surface area (Å²) in [7, 11) is 1.77. The van der Waals surface area contributed by atoms with Gasteiger partial charge in [-0.15, -0.1) is 0 Å². The molecular weight excluding hydrogens is 281 g/mol. The summed E-state index contributed by atoms with van der Waals surface area (Å²) < 4.78 is 37.8. The van der Waals surface area contributed by atoms with Crippen molar-refractivity contribution in [3.05, 3.63) is 0 Å². The Morgan fingerprint density at radius 1 is 1.14 bits per heavy atom. The Morgan fingerprint density at radius 3 is 2.33 bits per heavy atom. The van der Waals surface area contributed by atoms with Gasteiger partial charge in [0.05, 0.1) is 12.0 Å². The Kier molecular flexibility index (Phi) is 5.52. The molecule has 122 valence electrons. The summed E-state index contributed by atoms with van der Waals surface area (Å²) in [6, 6.07) is -0.447. The molecule has 2 atom stereocenters. The quantitative estimate of drug-likeness (QED) is 0.869. The number of rotatable bonds is 3. The minimum absolute atomic E-state index is 0.0458. The van der Waals surface area contributed by atoms with Crippen molar-refractivity contribution in [3.8, 4) is 0 Å². The van der Waals surface area contributed by atoms with Crippen LogP contribution in [0, 0.1) is 11.8 Å². The van der Waals surface area contributed by atoms with Crippen LogP contribution in [0.5, 0.6) is 0 Å². The second kappa shape index (κ2) is 6.99. The number of likely N-dealkylation sites (N-methyl/N-ethyl adjacent to an activating group) is 1. The van der Waals surface area contributed by atoms with Gasteiger partial charge in [-0.25, -0.2) is 0 Å². The van der Waals surface area contributed by atoms with E-state index in [1.54, 1.807) is 11.9 Å². The standard InChI is InChI=1S/C15H25F3N2O/c1-20(10-11-5-3-2-4-6-11)14(21)13-8-7-12(9-19-13)15(16,17)18/h11-13,19H,2-10H2,1H3. The molecule has 2 aliphatic rings. The highest BCUT2D eigenvalue weighted by molar-refractivity contribution is 5.81. The normalized spacial score (nSPS) is 28.4. The van der Waals surface area contributed by atoms with E-state index in [2.05, 4.69) is 5.32 Å². The Bertz CT molecular complexity index is 345. The van der Waals surface area contributed by atoms with Gasteiger partial charge < -0.3 is 10.2 Å². The molecule has 0 aromatic carbocycles. The second-order valence-corrected chi connectivity index (χ2v) is 6.50. The maximum atomic E-state index is 12.6. The third-order valence-electron chi connectivity index (χ3n) is 4.81. The van der Waals surface area contributed by atoms with Gasteiger partial charge in [-0.3, -0.25) is 4.79 Å². The number of alkyl halides is 3. The van der Waals surface area contributed by atoms with Crippen molar-refractivity contribution in [2.45, 2.75) is 57.2 Å². The first-order valence-corrected chi connectivity index (χ1v) is 7.93. The number of carbonyl (C=O) groups excluding carboxylic acids is 1. The molecule has 21 heavy (non-hydrogen) atoms. The van der Waals surface area contributed by atoms with Crippen molar-refractivity contribution in [2.24, 2.45) is 11.8 Å². The highest BCUT2D eigenvalue weighted by Gasteiger charge is 2.42. The molecule has 0 aromatic rings. The van der Waals surface area contributed by atoms with Crippen molar-refractivity contribution in [2.75, 3.05) is 20.1 Å². The van der Waals surface area contributed by atoms with E-state index < -0.39 is 18.1 Å². The van der Waals surface area contributed by atoms with Gasteiger partial charge in [0.15, 0.2) is 0 Å². The van der Waals surface area contributed by atoms with Gasteiger partial charge in [0.2, 0.25) is 5.91 Å². The topological polar surface area (TPSA) is 32.3 Å². The van der Waals surface area contributed by atoms with Gasteiger partial charge in [-0.05, 0) is 31.6 Å². The minimum Gasteiger partial charge on any atom is -0.344 e. The zero-order valence-corrected chi connectivity index (χ0v) is 12.6. The number of hydrogen-bond donors (Lipinski definition) is 1. The summed E-state index contributed by atoms with van der Waals surface area (Å²) in [6.45, 7) is 0.594. The van der Waals surface area contributed by atoms with E-state index in [-0.39, 0.29) is 25.3 Å². The largest absolute Gasteiger partial charge is 0.393 e. The molecule has 0 radical (unpaired) electrons. The average Bonchev–Trinajstić information content (AvgIpc) is 2.46. The highest BCUT2D eigenvalue weighted by Crippen LogP contribution is 2.32. The maximum absolute atomic E-state index is 12.6. The Morgan fingerprint density at radius 2 is 1.81 bits per heavy atom. The lowest BCUT2D eigenvalue weighted by Gasteiger charge is -2.34. The van der Waals surface area contributed by atoms with Gasteiger partial charge in [-0.2, -0.15) is 13.2 Å². The predicted molar refractivity (Wildman–Crippen MR) is 74.8 cm³/mol. The van der Waals surface area contributed by atoms with Crippen LogP contribution in [0.4, 0.5) is 13.2 Å². The van der Waals surface area contributed by atoms with Crippen molar-refractivity contribution in [1.29, 1.82) is 0 Å². The van der Waals surface area contributed by atoms with Crippen LogP contribution < -0.4 is 5.32 Å². The van der Waals surface area contributed by atoms with Crippen LogP contribution in [-0.2, 0) is 4.79 Å². The fourth-order valence-corrected chi connectivity index (χ4v) is 3.46. The summed E-state index contributed by atoms with van der Waals surface area (Å²) in [5.74, 6) is -0.814. The molecule has 6 heteroatoms. The molecule has 2 unspecified atom stereocenters. The minimum atomic E-state index is -4.16. The fourth-order valence-electron chi connectivity index (χ4n) is 3.46. The van der Waals surface area contributed by atoms with Crippen LogP contribution in [0.25, 0.3) is 0 Å². The van der Waals surface area contributed by atoms with E-state index in [0.717, 1.165) is 19.4 Å². The van der Waals surface area contributed by atoms with Crippen molar-refractivity contribution >= 4 is 5.91 Å². The van der Waals surface area contributed by atoms with E-state index in [1.165, 1.54) is 19.3 Å². The van der Waals surface area contributed by atoms with E-state index in [4.69, 9.17) is 0 Å². The van der Waals surface area contributed by atoms with Gasteiger partial charge in [0.1, 0.15) is 0 Å². The summed E-state index contributed by atoms with van der Waals surface area (Å²) in [6.07, 6.45) is 2.20. The number of piperidine rings is 1. The molecule has 2 rings (SSSR count). The Hall–Kier alpha value is -0.780. The monoisotopic (exact) mass is 306 g/mol. The lowest BCUT2D eigenvalue weighted by atomic mass is 9.88. The first kappa shape index (κ1) is 16.6. The lowest BCUT2D eigenvalue weighted by Crippen LogP contribution is -2.52. The molecule has 2 fully saturated rings. The Balaban J connectivity index is 1.78. The predicted octanol–water partition coefficient (Wildman–Crippen LogP) is 2.96. The molecular formula is C15H25F3N2O. The third-order valence-corrected chi connectivity index (χ3v) is 4.81. The van der Waals surface area contributed by atoms with Gasteiger partial charge in [0.25, 0.3) is 0 Å². The van der Waals surface area contributed by atoms with Gasteiger partial charge >= 0.3 is 6.18 Å². The molecule has 1 saturated carbocycles. The molecule has 3 nitrogen and oxygen atoms in total. The van der Waals surface area contributed by atoms with Crippen molar-refractivity contribution in [3.63, 3.8) is 0 Å². The smallest absolute Gasteiger partial charge is 0.344 e. The summed E-state index contributed by atoms with van der Waals surface area (Å²) in [4.78, 5) is 14.0. The van der Waals surface area contributed by atoms with Gasteiger partial charge in [0, 0.05) is 20.1 Å². The number of hydrogen-bond acceptors (Lipinski definition) is 2. The van der Waals surface area contributed by atoms with Crippen LogP contribution in [-0.4, -0.2) is 43.2 Å². The molecule has 0 aromatic heterocycles. The third kappa shape index (κ3) is 4.59. The number of halogens is 3. The number of carbonyl (C=O) groups is 1. The molecule has 1 amide bonds. The molecule has 1 saturated heterocycles. The molecule has 1 heterocycles. The molecule has 0 bridgehead atoms. The zero-order valence-electron chi connectivity index (χ0n) is 12.6. The zero-order chi connectivity index (χ0) is 15.5. The highest BCUT2D eigenvalue weighted by atomic mass is 19.4. The average molecular weight is 306 g/mol. The summed E-state index contributed by atoms with van der Waals surface area (Å²) in [5, 5.41) is 2.78. The maximum Gasteiger partial charge on any atom is 0.393 e. The van der Waals surface area contributed by atoms with E-state index >= 15 is 0 Å². The fraction of sp³-hybridized carbons (Fsp3) is 0.933.